The molecule has 1 N–H and O–H groups in total. The molecule has 1 fully saturated rings. The number of nitrogens with zero attached hydrogens (tertiary/aromatic N) is 6. The van der Waals surface area contributed by atoms with Crippen molar-refractivity contribution in [2.24, 2.45) is 5.92 Å². The first-order valence-electron chi connectivity index (χ1n) is 11.5. The van der Waals surface area contributed by atoms with Crippen LogP contribution in [0.4, 0.5) is 11.6 Å². The zero-order valence-corrected chi connectivity index (χ0v) is 19.7. The Morgan fingerprint density at radius 1 is 1.27 bits per heavy atom. The van der Waals surface area contributed by atoms with Crippen molar-refractivity contribution in [3.63, 3.8) is 0 Å². The van der Waals surface area contributed by atoms with Gasteiger partial charge in [-0.15, -0.1) is 0 Å². The molecule has 2 aromatic heterocycles. The maximum atomic E-state index is 12.1. The summed E-state index contributed by atoms with van der Waals surface area (Å²) in [6, 6.07) is 4.38. The lowest BCUT2D eigenvalue weighted by Gasteiger charge is -2.26. The fourth-order valence-corrected chi connectivity index (χ4v) is 5.08. The van der Waals surface area contributed by atoms with E-state index in [2.05, 4.69) is 46.4 Å². The Kier molecular flexibility index (Phi) is 5.65. The van der Waals surface area contributed by atoms with Crippen molar-refractivity contribution in [2.75, 3.05) is 32.6 Å². The number of fused-ring (bicyclic) bond motifs is 2. The molecule has 0 radical (unpaired) electrons. The fourth-order valence-electron chi connectivity index (χ4n) is 5.08. The van der Waals surface area contributed by atoms with E-state index >= 15 is 0 Å². The Balaban J connectivity index is 1.42. The molecule has 5 rings (SSSR count). The number of amides is 1. The van der Waals surface area contributed by atoms with Crippen LogP contribution in [0.2, 0.25) is 0 Å². The Morgan fingerprint density at radius 2 is 2.12 bits per heavy atom. The lowest BCUT2D eigenvalue weighted by molar-refractivity contribution is -0.129. The monoisotopic (exact) mass is 449 g/mol. The molecule has 9 nitrogen and oxygen atoms in total. The van der Waals surface area contributed by atoms with Crippen LogP contribution in [-0.2, 0) is 24.3 Å². The molecule has 1 aromatic carbocycles. The quantitative estimate of drug-likeness (QED) is 0.641. The third-order valence-corrected chi connectivity index (χ3v) is 6.76. The lowest BCUT2D eigenvalue weighted by Crippen LogP contribution is -2.36. The van der Waals surface area contributed by atoms with Gasteiger partial charge in [0.2, 0.25) is 11.9 Å². The molecule has 33 heavy (non-hydrogen) atoms. The number of aromatic nitrogens is 4. The largest absolute Gasteiger partial charge is 0.495 e. The standard InChI is InChI=1S/C24H31N7O2/c1-15-7-20(30(12-15)16(2)32)14-31-23-19(11-26-31)10-25-24(28-23)27-21-8-18-13-29(3)6-5-17(18)9-22(21)33-4/h8-11,15,20H,5-7,12-14H2,1-4H3,(H,25,27,28). The van der Waals surface area contributed by atoms with Gasteiger partial charge in [-0.05, 0) is 49.1 Å². The molecule has 0 saturated carbocycles. The van der Waals surface area contributed by atoms with Gasteiger partial charge in [0.05, 0.1) is 37.0 Å². The molecule has 1 amide bonds. The molecule has 2 atom stereocenters. The predicted octanol–water partition coefficient (Wildman–Crippen LogP) is 2.82. The minimum Gasteiger partial charge on any atom is -0.495 e. The number of hydrogen-bond donors (Lipinski definition) is 1. The van der Waals surface area contributed by atoms with Crippen molar-refractivity contribution >= 4 is 28.6 Å². The van der Waals surface area contributed by atoms with Gasteiger partial charge in [-0.2, -0.15) is 10.1 Å². The predicted molar refractivity (Wildman–Crippen MR) is 127 cm³/mol. The number of likely N-dealkylation sites (tertiary alicyclic amines) is 1. The van der Waals surface area contributed by atoms with E-state index in [9.17, 15) is 4.79 Å². The second-order valence-corrected chi connectivity index (χ2v) is 9.40. The number of ether oxygens (including phenoxy) is 1. The van der Waals surface area contributed by atoms with Crippen molar-refractivity contribution in [3.05, 3.63) is 35.7 Å². The third kappa shape index (κ3) is 4.25. The first-order valence-corrected chi connectivity index (χ1v) is 11.5. The number of hydrogen-bond acceptors (Lipinski definition) is 7. The van der Waals surface area contributed by atoms with Crippen LogP contribution in [0.25, 0.3) is 11.0 Å². The highest BCUT2D eigenvalue weighted by Gasteiger charge is 2.32. The zero-order valence-electron chi connectivity index (χ0n) is 19.7. The first kappa shape index (κ1) is 21.6. The van der Waals surface area contributed by atoms with Crippen LogP contribution < -0.4 is 10.1 Å². The molecule has 0 spiro atoms. The molecule has 1 saturated heterocycles. The lowest BCUT2D eigenvalue weighted by atomic mass is 9.99. The van der Waals surface area contributed by atoms with Crippen LogP contribution in [0.3, 0.4) is 0 Å². The van der Waals surface area contributed by atoms with Crippen LogP contribution in [0.1, 0.15) is 31.4 Å². The summed E-state index contributed by atoms with van der Waals surface area (Å²) in [4.78, 5) is 25.6. The normalized spacial score (nSPS) is 20.8. The summed E-state index contributed by atoms with van der Waals surface area (Å²) in [6.07, 6.45) is 5.55. The van der Waals surface area contributed by atoms with Crippen molar-refractivity contribution < 1.29 is 9.53 Å². The third-order valence-electron chi connectivity index (χ3n) is 6.76. The molecular weight excluding hydrogens is 418 g/mol. The van der Waals surface area contributed by atoms with Crippen molar-refractivity contribution in [1.29, 1.82) is 0 Å². The fraction of sp³-hybridized carbons (Fsp3) is 0.500. The maximum Gasteiger partial charge on any atom is 0.229 e. The summed E-state index contributed by atoms with van der Waals surface area (Å²) in [5, 5.41) is 8.77. The average Bonchev–Trinajstić information content (AvgIpc) is 3.36. The Morgan fingerprint density at radius 3 is 2.91 bits per heavy atom. The second kappa shape index (κ2) is 8.62. The van der Waals surface area contributed by atoms with Gasteiger partial charge in [0, 0.05) is 32.8 Å². The number of likely N-dealkylation sites (N-methyl/N-ethyl adjacent to an activating group) is 1. The number of methoxy groups -OCH3 is 1. The summed E-state index contributed by atoms with van der Waals surface area (Å²) in [6.45, 7) is 7.21. The van der Waals surface area contributed by atoms with E-state index in [-0.39, 0.29) is 11.9 Å². The van der Waals surface area contributed by atoms with Gasteiger partial charge in [-0.25, -0.2) is 9.67 Å². The van der Waals surface area contributed by atoms with E-state index in [0.717, 1.165) is 54.9 Å². The van der Waals surface area contributed by atoms with E-state index in [1.165, 1.54) is 11.1 Å². The second-order valence-electron chi connectivity index (χ2n) is 9.40. The summed E-state index contributed by atoms with van der Waals surface area (Å²) in [7, 11) is 3.82. The number of anilines is 2. The van der Waals surface area contributed by atoms with Gasteiger partial charge < -0.3 is 19.9 Å². The topological polar surface area (TPSA) is 88.4 Å². The highest BCUT2D eigenvalue weighted by Crippen LogP contribution is 2.33. The Bertz CT molecular complexity index is 1190. The van der Waals surface area contributed by atoms with Crippen LogP contribution in [0, 0.1) is 5.92 Å². The van der Waals surface area contributed by atoms with E-state index in [1.54, 1.807) is 26.4 Å². The van der Waals surface area contributed by atoms with Crippen LogP contribution in [-0.4, -0.2) is 68.7 Å². The molecule has 3 aromatic rings. The van der Waals surface area contributed by atoms with Gasteiger partial charge >= 0.3 is 0 Å². The van der Waals surface area contributed by atoms with Crippen LogP contribution in [0.15, 0.2) is 24.5 Å². The summed E-state index contributed by atoms with van der Waals surface area (Å²) in [5.74, 6) is 1.88. The SMILES string of the molecule is COc1cc2c(cc1Nc1ncc3cnn(CC4CC(C)CN4C(C)=O)c3n1)CN(C)CC2. The summed E-state index contributed by atoms with van der Waals surface area (Å²) >= 11 is 0. The Hall–Kier alpha value is -3.20. The van der Waals surface area contributed by atoms with Crippen molar-refractivity contribution in [1.82, 2.24) is 29.5 Å². The van der Waals surface area contributed by atoms with Gasteiger partial charge in [-0.3, -0.25) is 4.79 Å². The number of rotatable bonds is 5. The highest BCUT2D eigenvalue weighted by atomic mass is 16.5. The molecule has 2 aliphatic rings. The minimum absolute atomic E-state index is 0.114. The summed E-state index contributed by atoms with van der Waals surface area (Å²) in [5.41, 5.74) is 4.22. The van der Waals surface area contributed by atoms with Gasteiger partial charge in [0.25, 0.3) is 0 Å². The maximum absolute atomic E-state index is 12.1. The molecule has 174 valence electrons. The molecule has 2 unspecified atom stereocenters. The Labute approximate surface area is 193 Å². The van der Waals surface area contributed by atoms with E-state index in [1.807, 2.05) is 9.58 Å². The molecule has 0 bridgehead atoms. The summed E-state index contributed by atoms with van der Waals surface area (Å²) < 4.78 is 7.54. The number of carbonyl (C=O) groups excluding carboxylic acids is 1. The van der Waals surface area contributed by atoms with E-state index in [0.29, 0.717) is 18.4 Å². The smallest absolute Gasteiger partial charge is 0.229 e. The van der Waals surface area contributed by atoms with Gasteiger partial charge in [0.1, 0.15) is 5.75 Å². The molecule has 4 heterocycles. The molecule has 9 heteroatoms. The number of carbonyl (C=O) groups is 1. The van der Waals surface area contributed by atoms with Crippen molar-refractivity contribution in [3.8, 4) is 5.75 Å². The van der Waals surface area contributed by atoms with Crippen LogP contribution >= 0.6 is 0 Å². The van der Waals surface area contributed by atoms with Gasteiger partial charge in [0.15, 0.2) is 5.65 Å². The zero-order chi connectivity index (χ0) is 23.1. The number of nitrogens with one attached hydrogen (secondary N) is 1. The van der Waals surface area contributed by atoms with E-state index in [4.69, 9.17) is 9.72 Å². The first-order chi connectivity index (χ1) is 15.9. The molecule has 2 aliphatic heterocycles. The number of benzene rings is 1. The van der Waals surface area contributed by atoms with Crippen LogP contribution in [0.5, 0.6) is 5.75 Å². The molecular formula is C24H31N7O2. The van der Waals surface area contributed by atoms with Crippen molar-refractivity contribution in [2.45, 2.75) is 45.8 Å². The van der Waals surface area contributed by atoms with E-state index < -0.39 is 0 Å². The highest BCUT2D eigenvalue weighted by molar-refractivity contribution is 5.76. The minimum atomic E-state index is 0.114. The van der Waals surface area contributed by atoms with Gasteiger partial charge in [-0.1, -0.05) is 6.92 Å². The molecule has 0 aliphatic carbocycles. The average molecular weight is 450 g/mol.